The first kappa shape index (κ1) is 14.1. The van der Waals surface area contributed by atoms with Crippen LogP contribution in [0.5, 0.6) is 0 Å². The van der Waals surface area contributed by atoms with Gasteiger partial charge in [-0.25, -0.2) is 4.98 Å². The molecule has 2 unspecified atom stereocenters. The first-order chi connectivity index (χ1) is 9.80. The molecule has 112 valence electrons. The maximum atomic E-state index is 9.48. The number of likely N-dealkylation sites (tertiary alicyclic amines) is 1. The van der Waals surface area contributed by atoms with Gasteiger partial charge in [-0.05, 0) is 51.1 Å². The number of nitrogens with zero attached hydrogens (tertiary/aromatic N) is 3. The van der Waals surface area contributed by atoms with E-state index < -0.39 is 0 Å². The van der Waals surface area contributed by atoms with Crippen molar-refractivity contribution < 1.29 is 5.11 Å². The third kappa shape index (κ3) is 2.91. The third-order valence-corrected chi connectivity index (χ3v) is 4.94. The fourth-order valence-corrected chi connectivity index (χ4v) is 3.80. The molecule has 2 aliphatic heterocycles. The van der Waals surface area contributed by atoms with E-state index in [2.05, 4.69) is 22.6 Å². The maximum absolute atomic E-state index is 9.48. The number of fused-ring (bicyclic) bond motifs is 1. The highest BCUT2D eigenvalue weighted by molar-refractivity contribution is 5.11. The van der Waals surface area contributed by atoms with Gasteiger partial charge in [0.15, 0.2) is 0 Å². The van der Waals surface area contributed by atoms with Crippen molar-refractivity contribution in [2.75, 3.05) is 26.2 Å². The van der Waals surface area contributed by atoms with Gasteiger partial charge in [0.05, 0.1) is 12.3 Å². The Hall–Kier alpha value is -0.870. The Bertz CT molecular complexity index is 443. The number of aromatic nitrogens is 2. The zero-order valence-corrected chi connectivity index (χ0v) is 12.6. The van der Waals surface area contributed by atoms with Gasteiger partial charge in [0.2, 0.25) is 0 Å². The van der Waals surface area contributed by atoms with Gasteiger partial charge in [-0.2, -0.15) is 0 Å². The van der Waals surface area contributed by atoms with E-state index in [9.17, 15) is 5.11 Å². The normalized spacial score (nSPS) is 27.5. The Kier molecular flexibility index (Phi) is 4.41. The minimum atomic E-state index is 0.240. The Morgan fingerprint density at radius 1 is 1.30 bits per heavy atom. The number of piperidine rings is 1. The van der Waals surface area contributed by atoms with Crippen molar-refractivity contribution in [2.24, 2.45) is 5.92 Å². The summed E-state index contributed by atoms with van der Waals surface area (Å²) >= 11 is 0. The number of aliphatic hydroxyl groups excluding tert-OH is 1. The molecular weight excluding hydrogens is 250 g/mol. The lowest BCUT2D eigenvalue weighted by Crippen LogP contribution is -2.35. The van der Waals surface area contributed by atoms with E-state index in [-0.39, 0.29) is 12.5 Å². The van der Waals surface area contributed by atoms with Gasteiger partial charge in [0, 0.05) is 25.2 Å². The molecule has 0 aromatic carbocycles. The van der Waals surface area contributed by atoms with Crippen molar-refractivity contribution in [3.8, 4) is 0 Å². The minimum Gasteiger partial charge on any atom is -0.396 e. The van der Waals surface area contributed by atoms with Gasteiger partial charge in [0.1, 0.15) is 5.82 Å². The molecule has 0 spiro atoms. The van der Waals surface area contributed by atoms with E-state index in [4.69, 9.17) is 4.98 Å². The number of hydrogen-bond acceptors (Lipinski definition) is 3. The standard InChI is InChI=1S/C16H27N3O/c1-2-18-7-3-5-13(10-18)9-15-11-19-8-4-6-14(12-20)16(19)17-15/h11,13-14,20H,2-10,12H2,1H3. The molecule has 20 heavy (non-hydrogen) atoms. The second-order valence-corrected chi connectivity index (χ2v) is 6.41. The Morgan fingerprint density at radius 3 is 2.95 bits per heavy atom. The molecular formula is C16H27N3O. The quantitative estimate of drug-likeness (QED) is 0.915. The average Bonchev–Trinajstić information content (AvgIpc) is 2.89. The van der Waals surface area contributed by atoms with Gasteiger partial charge in [-0.3, -0.25) is 0 Å². The zero-order chi connectivity index (χ0) is 13.9. The number of imidazole rings is 1. The van der Waals surface area contributed by atoms with Crippen molar-refractivity contribution >= 4 is 0 Å². The van der Waals surface area contributed by atoms with Crippen molar-refractivity contribution in [3.63, 3.8) is 0 Å². The van der Waals surface area contributed by atoms with Gasteiger partial charge in [-0.15, -0.1) is 0 Å². The highest BCUT2D eigenvalue weighted by atomic mass is 16.3. The molecule has 3 rings (SSSR count). The predicted octanol–water partition coefficient (Wildman–Crippen LogP) is 2.03. The highest BCUT2D eigenvalue weighted by Crippen LogP contribution is 2.28. The summed E-state index contributed by atoms with van der Waals surface area (Å²) in [7, 11) is 0. The summed E-state index contributed by atoms with van der Waals surface area (Å²) in [5, 5.41) is 9.48. The molecule has 3 heterocycles. The van der Waals surface area contributed by atoms with Gasteiger partial charge in [0.25, 0.3) is 0 Å². The van der Waals surface area contributed by atoms with Crippen LogP contribution in [0.1, 0.15) is 50.0 Å². The SMILES string of the molecule is CCN1CCCC(Cc2cn3c(n2)C(CO)CCC3)C1. The predicted molar refractivity (Wildman–Crippen MR) is 79.8 cm³/mol. The van der Waals surface area contributed by atoms with E-state index >= 15 is 0 Å². The van der Waals surface area contributed by atoms with Crippen LogP contribution >= 0.6 is 0 Å². The Morgan fingerprint density at radius 2 is 2.15 bits per heavy atom. The van der Waals surface area contributed by atoms with Crippen molar-refractivity contribution in [1.29, 1.82) is 0 Å². The first-order valence-electron chi connectivity index (χ1n) is 8.19. The largest absolute Gasteiger partial charge is 0.396 e. The van der Waals surface area contributed by atoms with Gasteiger partial charge < -0.3 is 14.6 Å². The van der Waals surface area contributed by atoms with Crippen LogP contribution in [0, 0.1) is 5.92 Å². The summed E-state index contributed by atoms with van der Waals surface area (Å²) in [6.45, 7) is 7.22. The molecule has 1 aromatic heterocycles. The fourth-order valence-electron chi connectivity index (χ4n) is 3.80. The summed E-state index contributed by atoms with van der Waals surface area (Å²) in [6.07, 6.45) is 8.26. The van der Waals surface area contributed by atoms with E-state index in [1.54, 1.807) is 0 Å². The third-order valence-electron chi connectivity index (χ3n) is 4.94. The molecule has 2 aliphatic rings. The lowest BCUT2D eigenvalue weighted by molar-refractivity contribution is 0.181. The number of hydrogen-bond donors (Lipinski definition) is 1. The lowest BCUT2D eigenvalue weighted by atomic mass is 9.93. The molecule has 0 radical (unpaired) electrons. The van der Waals surface area contributed by atoms with Crippen LogP contribution in [0.4, 0.5) is 0 Å². The number of aliphatic hydroxyl groups is 1. The smallest absolute Gasteiger partial charge is 0.114 e. The molecule has 1 fully saturated rings. The second-order valence-electron chi connectivity index (χ2n) is 6.41. The van der Waals surface area contributed by atoms with Crippen LogP contribution < -0.4 is 0 Å². The molecule has 1 aromatic rings. The maximum Gasteiger partial charge on any atom is 0.114 e. The van der Waals surface area contributed by atoms with E-state index in [0.29, 0.717) is 0 Å². The van der Waals surface area contributed by atoms with E-state index in [1.807, 2.05) is 0 Å². The summed E-state index contributed by atoms with van der Waals surface area (Å²) < 4.78 is 2.28. The molecule has 4 nitrogen and oxygen atoms in total. The zero-order valence-electron chi connectivity index (χ0n) is 12.6. The lowest BCUT2D eigenvalue weighted by Gasteiger charge is -2.31. The Balaban J connectivity index is 1.67. The van der Waals surface area contributed by atoms with Crippen LogP contribution in [-0.4, -0.2) is 45.8 Å². The van der Waals surface area contributed by atoms with Crippen molar-refractivity contribution in [3.05, 3.63) is 17.7 Å². The Labute approximate surface area is 121 Å². The molecule has 4 heteroatoms. The molecule has 0 bridgehead atoms. The first-order valence-corrected chi connectivity index (χ1v) is 8.19. The van der Waals surface area contributed by atoms with Crippen LogP contribution in [-0.2, 0) is 13.0 Å². The molecule has 1 N–H and O–H groups in total. The molecule has 0 amide bonds. The fraction of sp³-hybridized carbons (Fsp3) is 0.812. The number of aryl methyl sites for hydroxylation is 1. The topological polar surface area (TPSA) is 41.3 Å². The second kappa shape index (κ2) is 6.27. The van der Waals surface area contributed by atoms with Gasteiger partial charge >= 0.3 is 0 Å². The minimum absolute atomic E-state index is 0.240. The monoisotopic (exact) mass is 277 g/mol. The van der Waals surface area contributed by atoms with Crippen LogP contribution in [0.2, 0.25) is 0 Å². The summed E-state index contributed by atoms with van der Waals surface area (Å²) in [5.41, 5.74) is 1.24. The molecule has 0 saturated carbocycles. The molecule has 1 saturated heterocycles. The number of rotatable bonds is 4. The highest BCUT2D eigenvalue weighted by Gasteiger charge is 2.24. The van der Waals surface area contributed by atoms with E-state index in [0.717, 1.165) is 31.1 Å². The van der Waals surface area contributed by atoms with Crippen molar-refractivity contribution in [2.45, 2.75) is 51.5 Å². The van der Waals surface area contributed by atoms with Crippen molar-refractivity contribution in [1.82, 2.24) is 14.5 Å². The van der Waals surface area contributed by atoms with Crippen LogP contribution in [0.25, 0.3) is 0 Å². The van der Waals surface area contributed by atoms with Gasteiger partial charge in [-0.1, -0.05) is 6.92 Å². The molecule has 2 atom stereocenters. The van der Waals surface area contributed by atoms with E-state index in [1.165, 1.54) is 44.6 Å². The summed E-state index contributed by atoms with van der Waals surface area (Å²) in [5.74, 6) is 2.14. The average molecular weight is 277 g/mol. The van der Waals surface area contributed by atoms with Crippen LogP contribution in [0.3, 0.4) is 0 Å². The summed E-state index contributed by atoms with van der Waals surface area (Å²) in [4.78, 5) is 7.39. The summed E-state index contributed by atoms with van der Waals surface area (Å²) in [6, 6.07) is 0. The molecule has 0 aliphatic carbocycles. The van der Waals surface area contributed by atoms with Crippen LogP contribution in [0.15, 0.2) is 6.20 Å².